The highest BCUT2D eigenvalue weighted by molar-refractivity contribution is 8.18. The fourth-order valence-electron chi connectivity index (χ4n) is 8.28. The number of amides is 1. The smallest absolute Gasteiger partial charge is 0.264 e. The summed E-state index contributed by atoms with van der Waals surface area (Å²) in [5, 5.41) is 3.51. The number of rotatable bonds is 6. The lowest BCUT2D eigenvalue weighted by Crippen LogP contribution is -2.48. The zero-order chi connectivity index (χ0) is 27.4. The lowest BCUT2D eigenvalue weighted by Gasteiger charge is -2.57. The number of ether oxygens (including phenoxy) is 1. The maximum Gasteiger partial charge on any atom is 0.264 e. The predicted molar refractivity (Wildman–Crippen MR) is 164 cm³/mol. The molecular formula is C34H37N3O2S. The predicted octanol–water partition coefficient (Wildman–Crippen LogP) is 7.85. The highest BCUT2D eigenvalue weighted by Crippen LogP contribution is 2.60. The van der Waals surface area contributed by atoms with Gasteiger partial charge in [0.1, 0.15) is 5.75 Å². The minimum atomic E-state index is -0.112. The van der Waals surface area contributed by atoms with Crippen molar-refractivity contribution in [3.63, 3.8) is 0 Å². The summed E-state index contributed by atoms with van der Waals surface area (Å²) in [7, 11) is 0. The molecule has 1 N–H and O–H groups in total. The highest BCUT2D eigenvalue weighted by atomic mass is 32.2. The van der Waals surface area contributed by atoms with Gasteiger partial charge in [0.15, 0.2) is 5.17 Å². The number of aryl methyl sites for hydroxylation is 1. The standard InChI is InChI=1S/C34H37N3O2S/c1-4-39-30-11-7-28(8-12-30)35-33-36-32(38)31(40-33)17-26-13-21(2)37(22(26)3)29-9-5-27(6-10-29)34-18-23-14-24(19-34)16-25(15-23)20-34/h5-13,17,23-25H,4,14-16,18-20H2,1-3H3,(H,35,36,38)/b31-17-. The SMILES string of the molecule is CCOc1ccc(N=C2NC(=O)/C(=C/c3cc(C)n(-c4ccc(C56CC7CC(CC(C7)C5)C6)cc4)c3C)S2)cc1. The molecule has 1 saturated heterocycles. The van der Waals surface area contributed by atoms with Crippen LogP contribution in [0.1, 0.15) is 68.0 Å². The molecule has 1 amide bonds. The summed E-state index contributed by atoms with van der Waals surface area (Å²) in [5.74, 6) is 3.56. The molecule has 206 valence electrons. The van der Waals surface area contributed by atoms with E-state index < -0.39 is 0 Å². The van der Waals surface area contributed by atoms with Gasteiger partial charge in [-0.15, -0.1) is 0 Å². The van der Waals surface area contributed by atoms with Crippen molar-refractivity contribution in [1.82, 2.24) is 9.88 Å². The molecule has 4 aliphatic carbocycles. The second kappa shape index (κ2) is 9.99. The molecule has 5 aliphatic rings. The minimum Gasteiger partial charge on any atom is -0.494 e. The van der Waals surface area contributed by atoms with E-state index in [0.717, 1.165) is 40.4 Å². The average molecular weight is 552 g/mol. The number of benzene rings is 2. The third-order valence-corrected chi connectivity index (χ3v) is 10.5. The molecule has 6 heteroatoms. The summed E-state index contributed by atoms with van der Waals surface area (Å²) in [4.78, 5) is 18.1. The van der Waals surface area contributed by atoms with E-state index >= 15 is 0 Å². The maximum absolute atomic E-state index is 12.8. The number of nitrogens with one attached hydrogen (secondary N) is 1. The molecule has 3 aromatic rings. The minimum absolute atomic E-state index is 0.112. The van der Waals surface area contributed by atoms with E-state index in [-0.39, 0.29) is 5.91 Å². The van der Waals surface area contributed by atoms with E-state index in [9.17, 15) is 4.79 Å². The molecule has 5 nitrogen and oxygen atoms in total. The summed E-state index contributed by atoms with van der Waals surface area (Å²) in [6.45, 7) is 6.87. The van der Waals surface area contributed by atoms with Crippen molar-refractivity contribution in [1.29, 1.82) is 0 Å². The average Bonchev–Trinajstić information content (AvgIpc) is 3.41. The number of carbonyl (C=O) groups is 1. The number of nitrogens with zero attached hydrogens (tertiary/aromatic N) is 2. The molecule has 4 saturated carbocycles. The highest BCUT2D eigenvalue weighted by Gasteiger charge is 2.51. The first-order chi connectivity index (χ1) is 19.4. The molecule has 0 radical (unpaired) electrons. The van der Waals surface area contributed by atoms with Crippen molar-refractivity contribution >= 4 is 34.6 Å². The Morgan fingerprint density at radius 2 is 1.65 bits per heavy atom. The van der Waals surface area contributed by atoms with E-state index in [0.29, 0.717) is 22.1 Å². The zero-order valence-electron chi connectivity index (χ0n) is 23.6. The Labute approximate surface area is 241 Å². The van der Waals surface area contributed by atoms with Gasteiger partial charge in [-0.05, 0) is 154 Å². The van der Waals surface area contributed by atoms with Crippen LogP contribution in [0.2, 0.25) is 0 Å². The fraction of sp³-hybridized carbons (Fsp3) is 0.412. The molecule has 2 aromatic carbocycles. The number of aliphatic imine (C=N–C) groups is 1. The zero-order valence-corrected chi connectivity index (χ0v) is 24.4. The van der Waals surface area contributed by atoms with Crippen molar-refractivity contribution in [2.24, 2.45) is 22.7 Å². The van der Waals surface area contributed by atoms with Gasteiger partial charge < -0.3 is 14.6 Å². The van der Waals surface area contributed by atoms with Crippen LogP contribution in [0.25, 0.3) is 11.8 Å². The second-order valence-electron chi connectivity index (χ2n) is 12.3. The number of hydrogen-bond acceptors (Lipinski definition) is 4. The van der Waals surface area contributed by atoms with Crippen molar-refractivity contribution in [2.75, 3.05) is 6.61 Å². The third-order valence-electron chi connectivity index (χ3n) is 9.56. The maximum atomic E-state index is 12.8. The van der Waals surface area contributed by atoms with Crippen LogP contribution in [-0.4, -0.2) is 22.2 Å². The van der Waals surface area contributed by atoms with Gasteiger partial charge in [0.25, 0.3) is 5.91 Å². The van der Waals surface area contributed by atoms with Gasteiger partial charge in [0.05, 0.1) is 17.2 Å². The van der Waals surface area contributed by atoms with Gasteiger partial charge in [-0.25, -0.2) is 4.99 Å². The monoisotopic (exact) mass is 551 g/mol. The Bertz CT molecular complexity index is 1480. The van der Waals surface area contributed by atoms with Gasteiger partial charge in [-0.1, -0.05) is 12.1 Å². The topological polar surface area (TPSA) is 55.6 Å². The Kier molecular flexibility index (Phi) is 6.42. The van der Waals surface area contributed by atoms with Crippen molar-refractivity contribution in [3.05, 3.63) is 82.0 Å². The lowest BCUT2D eigenvalue weighted by atomic mass is 9.48. The lowest BCUT2D eigenvalue weighted by molar-refractivity contribution is -0.115. The van der Waals surface area contributed by atoms with Crippen LogP contribution < -0.4 is 10.1 Å². The summed E-state index contributed by atoms with van der Waals surface area (Å²) in [6.07, 6.45) is 10.6. The van der Waals surface area contributed by atoms with Gasteiger partial charge in [0, 0.05) is 17.1 Å². The molecule has 0 spiro atoms. The number of hydrogen-bond donors (Lipinski definition) is 1. The molecular weight excluding hydrogens is 514 g/mol. The van der Waals surface area contributed by atoms with Crippen LogP contribution in [0.15, 0.2) is 64.5 Å². The van der Waals surface area contributed by atoms with E-state index in [2.05, 4.69) is 59.1 Å². The van der Waals surface area contributed by atoms with Crippen LogP contribution >= 0.6 is 11.8 Å². The Morgan fingerprint density at radius 3 is 2.27 bits per heavy atom. The number of thioether (sulfide) groups is 1. The van der Waals surface area contributed by atoms with Crippen LogP contribution in [0.4, 0.5) is 5.69 Å². The van der Waals surface area contributed by atoms with Crippen molar-refractivity contribution < 1.29 is 9.53 Å². The fourth-order valence-corrected chi connectivity index (χ4v) is 9.11. The third kappa shape index (κ3) is 4.60. The molecule has 5 fully saturated rings. The number of carbonyl (C=O) groups excluding carboxylic acids is 1. The largest absolute Gasteiger partial charge is 0.494 e. The van der Waals surface area contributed by atoms with Crippen LogP contribution in [0, 0.1) is 31.6 Å². The molecule has 1 aliphatic heterocycles. The molecule has 4 bridgehead atoms. The Balaban J connectivity index is 1.11. The van der Waals surface area contributed by atoms with Gasteiger partial charge in [-0.2, -0.15) is 0 Å². The van der Waals surface area contributed by atoms with E-state index in [1.54, 1.807) is 5.56 Å². The Morgan fingerprint density at radius 1 is 1.00 bits per heavy atom. The summed E-state index contributed by atoms with van der Waals surface area (Å²) >= 11 is 1.38. The second-order valence-corrected chi connectivity index (χ2v) is 13.3. The molecule has 0 atom stereocenters. The molecule has 1 aromatic heterocycles. The first kappa shape index (κ1) is 25.7. The van der Waals surface area contributed by atoms with E-state index in [1.165, 1.54) is 61.7 Å². The molecule has 2 heterocycles. The van der Waals surface area contributed by atoms with Crippen LogP contribution in [0.5, 0.6) is 5.75 Å². The summed E-state index contributed by atoms with van der Waals surface area (Å²) in [6, 6.07) is 19.2. The van der Waals surface area contributed by atoms with E-state index in [4.69, 9.17) is 4.74 Å². The first-order valence-electron chi connectivity index (χ1n) is 14.7. The quantitative estimate of drug-likeness (QED) is 0.317. The Hall–Kier alpha value is -3.25. The van der Waals surface area contributed by atoms with Gasteiger partial charge in [0.2, 0.25) is 0 Å². The number of aromatic nitrogens is 1. The first-order valence-corrected chi connectivity index (χ1v) is 15.5. The summed E-state index contributed by atoms with van der Waals surface area (Å²) < 4.78 is 7.81. The van der Waals surface area contributed by atoms with E-state index in [1.807, 2.05) is 37.3 Å². The summed E-state index contributed by atoms with van der Waals surface area (Å²) in [5.41, 5.74) is 7.30. The molecule has 8 rings (SSSR count). The molecule has 40 heavy (non-hydrogen) atoms. The van der Waals surface area contributed by atoms with Crippen LogP contribution in [-0.2, 0) is 10.2 Å². The van der Waals surface area contributed by atoms with Gasteiger partial charge >= 0.3 is 0 Å². The van der Waals surface area contributed by atoms with Crippen molar-refractivity contribution in [3.8, 4) is 11.4 Å². The van der Waals surface area contributed by atoms with Crippen LogP contribution in [0.3, 0.4) is 0 Å². The normalized spacial score (nSPS) is 29.0. The molecule has 0 unspecified atom stereocenters. The van der Waals surface area contributed by atoms with Crippen molar-refractivity contribution in [2.45, 2.75) is 64.7 Å². The number of amidine groups is 1. The van der Waals surface area contributed by atoms with Gasteiger partial charge in [-0.3, -0.25) is 4.79 Å².